The predicted octanol–water partition coefficient (Wildman–Crippen LogP) is -3.12. The van der Waals surface area contributed by atoms with Gasteiger partial charge in [0.05, 0.1) is 6.54 Å². The molecule has 0 aliphatic carbocycles. The van der Waals surface area contributed by atoms with E-state index in [1.165, 1.54) is 0 Å². The van der Waals surface area contributed by atoms with Gasteiger partial charge in [-0.15, -0.1) is 0 Å². The SMILES string of the molecule is CS(=O)(=O)CC(=O)N(C(=O)CN)C(C(=O)O)C(=O)O. The van der Waals surface area contributed by atoms with Crippen LogP contribution in [0.2, 0.25) is 0 Å². The quantitative estimate of drug-likeness (QED) is 0.428. The molecule has 0 aromatic carbocycles. The fourth-order valence-corrected chi connectivity index (χ4v) is 1.73. The van der Waals surface area contributed by atoms with Gasteiger partial charge in [-0.3, -0.25) is 14.5 Å². The third kappa shape index (κ3) is 5.01. The first kappa shape index (κ1) is 17.0. The Morgan fingerprint density at radius 2 is 1.53 bits per heavy atom. The summed E-state index contributed by atoms with van der Waals surface area (Å²) in [5.74, 6) is -7.95. The van der Waals surface area contributed by atoms with Gasteiger partial charge in [0.1, 0.15) is 5.75 Å². The summed E-state index contributed by atoms with van der Waals surface area (Å²) in [5.41, 5.74) is 4.93. The Hall–Kier alpha value is -2.01. The average molecular weight is 296 g/mol. The maximum atomic E-state index is 11.6. The fraction of sp³-hybridized carbons (Fsp3) is 0.500. The molecule has 0 radical (unpaired) electrons. The van der Waals surface area contributed by atoms with Crippen molar-refractivity contribution in [2.45, 2.75) is 6.04 Å². The highest BCUT2D eigenvalue weighted by molar-refractivity contribution is 7.91. The number of carboxylic acid groups (broad SMARTS) is 2. The van der Waals surface area contributed by atoms with E-state index in [2.05, 4.69) is 0 Å². The van der Waals surface area contributed by atoms with Crippen LogP contribution >= 0.6 is 0 Å². The maximum absolute atomic E-state index is 11.6. The molecule has 11 heteroatoms. The lowest BCUT2D eigenvalue weighted by atomic mass is 10.2. The van der Waals surface area contributed by atoms with Crippen LogP contribution < -0.4 is 5.73 Å². The number of imide groups is 1. The van der Waals surface area contributed by atoms with Crippen LogP contribution in [0.4, 0.5) is 0 Å². The van der Waals surface area contributed by atoms with Crippen molar-refractivity contribution in [2.24, 2.45) is 5.73 Å². The first-order chi connectivity index (χ1) is 8.51. The summed E-state index contributed by atoms with van der Waals surface area (Å²) in [4.78, 5) is 44.2. The lowest BCUT2D eigenvalue weighted by molar-refractivity contribution is -0.166. The van der Waals surface area contributed by atoms with Gasteiger partial charge in [-0.2, -0.15) is 0 Å². The second kappa shape index (κ2) is 6.24. The van der Waals surface area contributed by atoms with Gasteiger partial charge in [0, 0.05) is 6.26 Å². The number of nitrogens with two attached hydrogens (primary N) is 1. The summed E-state index contributed by atoms with van der Waals surface area (Å²) in [6.07, 6.45) is 0.673. The standard InChI is InChI=1S/C8H12N2O8S/c1-19(17,18)3-5(12)10(4(11)2-9)6(7(13)14)8(15)16/h6H,2-3,9H2,1H3,(H,13,14)(H,15,16). The first-order valence-corrected chi connectivity index (χ1v) is 6.75. The normalized spacial score (nSPS) is 11.1. The summed E-state index contributed by atoms with van der Waals surface area (Å²) in [6, 6.07) is -2.52. The summed E-state index contributed by atoms with van der Waals surface area (Å²) in [5, 5.41) is 17.4. The van der Waals surface area contributed by atoms with E-state index in [0.29, 0.717) is 6.26 Å². The van der Waals surface area contributed by atoms with Crippen LogP contribution in [0.3, 0.4) is 0 Å². The van der Waals surface area contributed by atoms with Crippen molar-refractivity contribution in [1.82, 2.24) is 4.90 Å². The number of sulfone groups is 1. The van der Waals surface area contributed by atoms with Crippen molar-refractivity contribution in [3.63, 3.8) is 0 Å². The van der Waals surface area contributed by atoms with Crippen LogP contribution in [0.15, 0.2) is 0 Å². The van der Waals surface area contributed by atoms with E-state index in [9.17, 15) is 27.6 Å². The molecule has 0 fully saturated rings. The molecule has 108 valence electrons. The third-order valence-electron chi connectivity index (χ3n) is 1.82. The molecule has 0 aliphatic rings. The molecule has 0 spiro atoms. The second-order valence-electron chi connectivity index (χ2n) is 3.51. The Balaban J connectivity index is 5.56. The van der Waals surface area contributed by atoms with Gasteiger partial charge >= 0.3 is 11.9 Å². The van der Waals surface area contributed by atoms with Gasteiger partial charge in [0.15, 0.2) is 9.84 Å². The van der Waals surface area contributed by atoms with Crippen LogP contribution in [-0.4, -0.2) is 71.9 Å². The van der Waals surface area contributed by atoms with E-state index < -0.39 is 51.9 Å². The number of carbonyl (C=O) groups excluding carboxylic acids is 2. The van der Waals surface area contributed by atoms with Gasteiger partial charge in [0.2, 0.25) is 17.9 Å². The van der Waals surface area contributed by atoms with Crippen molar-refractivity contribution >= 4 is 33.6 Å². The molecular formula is C8H12N2O8S. The third-order valence-corrected chi connectivity index (χ3v) is 2.60. The van der Waals surface area contributed by atoms with E-state index in [-0.39, 0.29) is 4.90 Å². The topological polar surface area (TPSA) is 172 Å². The van der Waals surface area contributed by atoms with Gasteiger partial charge in [-0.25, -0.2) is 18.0 Å². The van der Waals surface area contributed by atoms with Crippen LogP contribution in [0.5, 0.6) is 0 Å². The molecule has 0 unspecified atom stereocenters. The van der Waals surface area contributed by atoms with Gasteiger partial charge in [-0.1, -0.05) is 0 Å². The molecule has 0 bridgehead atoms. The summed E-state index contributed by atoms with van der Waals surface area (Å²) < 4.78 is 21.9. The molecule has 0 heterocycles. The zero-order chi connectivity index (χ0) is 15.4. The molecule has 0 rings (SSSR count). The molecule has 10 nitrogen and oxygen atoms in total. The number of rotatable bonds is 6. The minimum Gasteiger partial charge on any atom is -0.479 e. The number of amides is 2. The highest BCUT2D eigenvalue weighted by Crippen LogP contribution is 2.04. The molecule has 0 saturated heterocycles. The van der Waals surface area contributed by atoms with Gasteiger partial charge < -0.3 is 15.9 Å². The Morgan fingerprint density at radius 3 is 1.79 bits per heavy atom. The van der Waals surface area contributed by atoms with E-state index >= 15 is 0 Å². The molecule has 4 N–H and O–H groups in total. The number of carbonyl (C=O) groups is 4. The molecule has 0 aromatic heterocycles. The molecule has 0 aromatic rings. The summed E-state index contributed by atoms with van der Waals surface area (Å²) in [6.45, 7) is -0.841. The summed E-state index contributed by atoms with van der Waals surface area (Å²) in [7, 11) is -3.87. The van der Waals surface area contributed by atoms with Crippen molar-refractivity contribution in [2.75, 3.05) is 18.6 Å². The van der Waals surface area contributed by atoms with E-state index in [0.717, 1.165) is 0 Å². The van der Waals surface area contributed by atoms with Gasteiger partial charge in [-0.05, 0) is 0 Å². The first-order valence-electron chi connectivity index (χ1n) is 4.69. The number of carboxylic acids is 2. The Labute approximate surface area is 107 Å². The van der Waals surface area contributed by atoms with E-state index in [1.807, 2.05) is 0 Å². The van der Waals surface area contributed by atoms with Gasteiger partial charge in [0.25, 0.3) is 0 Å². The molecular weight excluding hydrogens is 284 g/mol. The lowest BCUT2D eigenvalue weighted by Crippen LogP contribution is -2.55. The molecule has 19 heavy (non-hydrogen) atoms. The monoisotopic (exact) mass is 296 g/mol. The van der Waals surface area contributed by atoms with Crippen LogP contribution in [-0.2, 0) is 29.0 Å². The Bertz CT molecular complexity index is 497. The van der Waals surface area contributed by atoms with Crippen molar-refractivity contribution in [1.29, 1.82) is 0 Å². The van der Waals surface area contributed by atoms with Crippen molar-refractivity contribution < 1.29 is 37.8 Å². The highest BCUT2D eigenvalue weighted by Gasteiger charge is 2.40. The van der Waals surface area contributed by atoms with Crippen LogP contribution in [0, 0.1) is 0 Å². The smallest absolute Gasteiger partial charge is 0.338 e. The minimum atomic E-state index is -3.87. The van der Waals surface area contributed by atoms with Crippen LogP contribution in [0.25, 0.3) is 0 Å². The van der Waals surface area contributed by atoms with E-state index in [4.69, 9.17) is 15.9 Å². The molecule has 0 saturated carbocycles. The zero-order valence-electron chi connectivity index (χ0n) is 9.77. The van der Waals surface area contributed by atoms with Crippen molar-refractivity contribution in [3.05, 3.63) is 0 Å². The highest BCUT2D eigenvalue weighted by atomic mass is 32.2. The average Bonchev–Trinajstić information content (AvgIpc) is 2.20. The van der Waals surface area contributed by atoms with E-state index in [1.54, 1.807) is 0 Å². The largest absolute Gasteiger partial charge is 0.479 e. The fourth-order valence-electron chi connectivity index (χ4n) is 1.15. The number of hydrogen-bond donors (Lipinski definition) is 3. The number of nitrogens with zero attached hydrogens (tertiary/aromatic N) is 1. The number of aliphatic carboxylic acids is 2. The zero-order valence-corrected chi connectivity index (χ0v) is 10.6. The van der Waals surface area contributed by atoms with Crippen LogP contribution in [0.1, 0.15) is 0 Å². The second-order valence-corrected chi connectivity index (χ2v) is 5.65. The molecule has 0 aliphatic heterocycles. The van der Waals surface area contributed by atoms with Crippen molar-refractivity contribution in [3.8, 4) is 0 Å². The summed E-state index contributed by atoms with van der Waals surface area (Å²) >= 11 is 0. The minimum absolute atomic E-state index is 0.175. The molecule has 0 atom stereocenters. The molecule has 2 amide bonds. The Kier molecular flexibility index (Phi) is 5.58. The number of hydrogen-bond acceptors (Lipinski definition) is 7. The maximum Gasteiger partial charge on any atom is 0.338 e. The Morgan fingerprint density at radius 1 is 1.11 bits per heavy atom. The lowest BCUT2D eigenvalue weighted by Gasteiger charge is -2.23. The predicted molar refractivity (Wildman–Crippen MR) is 59.7 cm³/mol.